The van der Waals surface area contributed by atoms with Crippen molar-refractivity contribution in [3.8, 4) is 16.9 Å². The highest BCUT2D eigenvalue weighted by molar-refractivity contribution is 5.95. The molecule has 5 rings (SSSR count). The highest BCUT2D eigenvalue weighted by Crippen LogP contribution is 2.31. The molecule has 1 atom stereocenters. The maximum atomic E-state index is 13.0. The first-order chi connectivity index (χ1) is 16.1. The SMILES string of the molecule is CN1CCN(c2cccc3c2C[C@H](NC(=O)c2ccc(-c4ccc(O)cc4)cc2)CC3)CC1. The van der Waals surface area contributed by atoms with Crippen LogP contribution in [0.2, 0.25) is 0 Å². The first-order valence-corrected chi connectivity index (χ1v) is 11.8. The molecular weight excluding hydrogens is 410 g/mol. The van der Waals surface area contributed by atoms with Gasteiger partial charge < -0.3 is 20.2 Å². The first kappa shape index (κ1) is 21.5. The number of phenols is 1. The van der Waals surface area contributed by atoms with Crippen LogP contribution in [0.15, 0.2) is 66.7 Å². The van der Waals surface area contributed by atoms with Crippen molar-refractivity contribution in [3.63, 3.8) is 0 Å². The minimum Gasteiger partial charge on any atom is -0.508 e. The number of amides is 1. The average molecular weight is 442 g/mol. The Morgan fingerprint density at radius 2 is 1.58 bits per heavy atom. The number of hydrogen-bond acceptors (Lipinski definition) is 4. The van der Waals surface area contributed by atoms with Crippen molar-refractivity contribution in [1.29, 1.82) is 0 Å². The number of aromatic hydroxyl groups is 1. The maximum absolute atomic E-state index is 13.0. The molecule has 33 heavy (non-hydrogen) atoms. The predicted octanol–water partition coefficient (Wildman–Crippen LogP) is 4.10. The molecule has 0 aromatic heterocycles. The minimum atomic E-state index is -0.0159. The standard InChI is InChI=1S/C28H31N3O2/c1-30-15-17-31(18-16-30)27-4-2-3-22-9-12-24(19-26(22)27)29-28(33)23-7-5-20(6-8-23)21-10-13-25(32)14-11-21/h2-8,10-11,13-14,24,32H,9,12,15-19H2,1H3,(H,29,33)/t24-/m1/s1. The van der Waals surface area contributed by atoms with Crippen molar-refractivity contribution in [2.45, 2.75) is 25.3 Å². The Hall–Kier alpha value is -3.31. The molecule has 5 nitrogen and oxygen atoms in total. The number of anilines is 1. The third-order valence-corrected chi connectivity index (χ3v) is 6.99. The quantitative estimate of drug-likeness (QED) is 0.640. The van der Waals surface area contributed by atoms with Gasteiger partial charge in [-0.15, -0.1) is 0 Å². The zero-order valence-corrected chi connectivity index (χ0v) is 19.1. The predicted molar refractivity (Wildman–Crippen MR) is 133 cm³/mol. The molecule has 1 saturated heterocycles. The molecule has 1 amide bonds. The van der Waals surface area contributed by atoms with Crippen molar-refractivity contribution in [2.24, 2.45) is 0 Å². The number of hydrogen-bond donors (Lipinski definition) is 2. The largest absolute Gasteiger partial charge is 0.508 e. The van der Waals surface area contributed by atoms with Crippen molar-refractivity contribution in [2.75, 3.05) is 38.1 Å². The van der Waals surface area contributed by atoms with Gasteiger partial charge in [0.25, 0.3) is 5.91 Å². The van der Waals surface area contributed by atoms with Crippen LogP contribution in [0.4, 0.5) is 5.69 Å². The Morgan fingerprint density at radius 3 is 2.27 bits per heavy atom. The smallest absolute Gasteiger partial charge is 0.251 e. The van der Waals surface area contributed by atoms with Gasteiger partial charge in [-0.05, 0) is 78.9 Å². The van der Waals surface area contributed by atoms with Crippen LogP contribution in [0.25, 0.3) is 11.1 Å². The van der Waals surface area contributed by atoms with Crippen molar-refractivity contribution < 1.29 is 9.90 Å². The molecule has 5 heteroatoms. The number of nitrogens with one attached hydrogen (secondary N) is 1. The summed E-state index contributed by atoms with van der Waals surface area (Å²) in [6, 6.07) is 21.6. The highest BCUT2D eigenvalue weighted by atomic mass is 16.3. The number of fused-ring (bicyclic) bond motifs is 1. The summed E-state index contributed by atoms with van der Waals surface area (Å²) in [5, 5.41) is 12.8. The van der Waals surface area contributed by atoms with E-state index in [9.17, 15) is 9.90 Å². The number of rotatable bonds is 4. The van der Waals surface area contributed by atoms with Crippen LogP contribution in [-0.4, -0.2) is 55.2 Å². The van der Waals surface area contributed by atoms with E-state index in [2.05, 4.69) is 40.4 Å². The van der Waals surface area contributed by atoms with E-state index >= 15 is 0 Å². The number of benzene rings is 3. The number of carbonyl (C=O) groups is 1. The van der Waals surface area contributed by atoms with Gasteiger partial charge in [0.15, 0.2) is 0 Å². The summed E-state index contributed by atoms with van der Waals surface area (Å²) in [6.45, 7) is 4.28. The Bertz CT molecular complexity index is 1120. The zero-order valence-electron chi connectivity index (χ0n) is 19.1. The van der Waals surface area contributed by atoms with E-state index in [4.69, 9.17) is 0 Å². The molecule has 170 valence electrons. The maximum Gasteiger partial charge on any atom is 0.251 e. The zero-order chi connectivity index (χ0) is 22.8. The number of carbonyl (C=O) groups excluding carboxylic acids is 1. The number of phenolic OH excluding ortho intramolecular Hbond substituents is 1. The molecule has 0 bridgehead atoms. The average Bonchev–Trinajstić information content (AvgIpc) is 2.85. The lowest BCUT2D eigenvalue weighted by Crippen LogP contribution is -2.45. The molecule has 1 aliphatic heterocycles. The van der Waals surface area contributed by atoms with Crippen LogP contribution in [-0.2, 0) is 12.8 Å². The second-order valence-corrected chi connectivity index (χ2v) is 9.24. The first-order valence-electron chi connectivity index (χ1n) is 11.8. The molecule has 2 aliphatic rings. The van der Waals surface area contributed by atoms with E-state index in [0.717, 1.165) is 56.6 Å². The lowest BCUT2D eigenvalue weighted by atomic mass is 9.86. The van der Waals surface area contributed by atoms with Crippen LogP contribution >= 0.6 is 0 Å². The normalized spacial score (nSPS) is 18.6. The Balaban J connectivity index is 1.27. The van der Waals surface area contributed by atoms with Gasteiger partial charge in [0.05, 0.1) is 0 Å². The summed E-state index contributed by atoms with van der Waals surface area (Å²) in [5.74, 6) is 0.234. The van der Waals surface area contributed by atoms with Gasteiger partial charge in [-0.25, -0.2) is 0 Å². The topological polar surface area (TPSA) is 55.8 Å². The van der Waals surface area contributed by atoms with Gasteiger partial charge in [-0.2, -0.15) is 0 Å². The Morgan fingerprint density at radius 1 is 0.909 bits per heavy atom. The molecule has 0 spiro atoms. The molecule has 1 fully saturated rings. The summed E-state index contributed by atoms with van der Waals surface area (Å²) < 4.78 is 0. The Kier molecular flexibility index (Phi) is 6.05. The second-order valence-electron chi connectivity index (χ2n) is 9.24. The molecule has 1 heterocycles. The van der Waals surface area contributed by atoms with Gasteiger partial charge in [-0.1, -0.05) is 36.4 Å². The molecule has 0 radical (unpaired) electrons. The monoisotopic (exact) mass is 441 g/mol. The molecular formula is C28H31N3O2. The second kappa shape index (κ2) is 9.28. The fourth-order valence-electron chi connectivity index (χ4n) is 4.97. The lowest BCUT2D eigenvalue weighted by Gasteiger charge is -2.37. The molecule has 1 aliphatic carbocycles. The summed E-state index contributed by atoms with van der Waals surface area (Å²) in [6.07, 6.45) is 2.85. The van der Waals surface area contributed by atoms with Gasteiger partial charge >= 0.3 is 0 Å². The van der Waals surface area contributed by atoms with Gasteiger partial charge in [0.2, 0.25) is 0 Å². The lowest BCUT2D eigenvalue weighted by molar-refractivity contribution is 0.0933. The number of nitrogens with zero attached hydrogens (tertiary/aromatic N) is 2. The van der Waals surface area contributed by atoms with Gasteiger partial charge in [0, 0.05) is 43.5 Å². The van der Waals surface area contributed by atoms with Crippen molar-refractivity contribution in [3.05, 3.63) is 83.4 Å². The molecule has 3 aromatic rings. The summed E-state index contributed by atoms with van der Waals surface area (Å²) >= 11 is 0. The van der Waals surface area contributed by atoms with Gasteiger partial charge in [0.1, 0.15) is 5.75 Å². The third-order valence-electron chi connectivity index (χ3n) is 6.99. The fourth-order valence-corrected chi connectivity index (χ4v) is 4.97. The minimum absolute atomic E-state index is 0.0159. The van der Waals surface area contributed by atoms with E-state index in [0.29, 0.717) is 5.56 Å². The van der Waals surface area contributed by atoms with Gasteiger partial charge in [-0.3, -0.25) is 4.79 Å². The van der Waals surface area contributed by atoms with Crippen LogP contribution < -0.4 is 10.2 Å². The van der Waals surface area contributed by atoms with Crippen LogP contribution in [0.5, 0.6) is 5.75 Å². The molecule has 0 unspecified atom stereocenters. The number of likely N-dealkylation sites (N-methyl/N-ethyl adjacent to an activating group) is 1. The van der Waals surface area contributed by atoms with E-state index in [1.54, 1.807) is 12.1 Å². The van der Waals surface area contributed by atoms with Crippen LogP contribution in [0.1, 0.15) is 27.9 Å². The van der Waals surface area contributed by atoms with E-state index in [1.165, 1.54) is 16.8 Å². The van der Waals surface area contributed by atoms with Crippen LogP contribution in [0, 0.1) is 0 Å². The molecule has 0 saturated carbocycles. The third kappa shape index (κ3) is 4.74. The fraction of sp³-hybridized carbons (Fsp3) is 0.321. The molecule has 2 N–H and O–H groups in total. The summed E-state index contributed by atoms with van der Waals surface area (Å²) in [5.41, 5.74) is 6.89. The molecule has 3 aromatic carbocycles. The van der Waals surface area contributed by atoms with Crippen molar-refractivity contribution in [1.82, 2.24) is 10.2 Å². The van der Waals surface area contributed by atoms with Crippen LogP contribution in [0.3, 0.4) is 0 Å². The van der Waals surface area contributed by atoms with E-state index in [-0.39, 0.29) is 17.7 Å². The summed E-state index contributed by atoms with van der Waals surface area (Å²) in [4.78, 5) is 17.9. The number of aryl methyl sites for hydroxylation is 1. The highest BCUT2D eigenvalue weighted by Gasteiger charge is 2.25. The van der Waals surface area contributed by atoms with E-state index < -0.39 is 0 Å². The Labute approximate surface area is 195 Å². The summed E-state index contributed by atoms with van der Waals surface area (Å²) in [7, 11) is 2.18. The van der Waals surface area contributed by atoms with Crippen molar-refractivity contribution >= 4 is 11.6 Å². The van der Waals surface area contributed by atoms with E-state index in [1.807, 2.05) is 36.4 Å². The number of piperazine rings is 1.